The average molecular weight is 170 g/mol. The van der Waals surface area contributed by atoms with E-state index in [1.54, 1.807) is 13.8 Å². The monoisotopic (exact) mass is 170 g/mol. The summed E-state index contributed by atoms with van der Waals surface area (Å²) in [6.45, 7) is 4.38. The first-order valence-electron chi connectivity index (χ1n) is 2.80. The van der Waals surface area contributed by atoms with Gasteiger partial charge in [-0.05, 0) is 22.8 Å². The van der Waals surface area contributed by atoms with E-state index < -0.39 is 7.28 Å². The van der Waals surface area contributed by atoms with Gasteiger partial charge >= 0.3 is 7.28 Å². The van der Waals surface area contributed by atoms with Gasteiger partial charge in [-0.1, -0.05) is 0 Å². The predicted molar refractivity (Wildman–Crippen MR) is 40.6 cm³/mol. The molecular formula is C4H12O3P2. The Hall–Kier alpha value is 0.580. The van der Waals surface area contributed by atoms with Gasteiger partial charge < -0.3 is 9.05 Å². The molecule has 0 saturated carbocycles. The van der Waals surface area contributed by atoms with Crippen LogP contribution in [0.5, 0.6) is 0 Å². The molecular weight excluding hydrogens is 158 g/mol. The van der Waals surface area contributed by atoms with Gasteiger partial charge in [-0.25, -0.2) is 0 Å². The zero-order valence-electron chi connectivity index (χ0n) is 5.66. The van der Waals surface area contributed by atoms with Gasteiger partial charge in [-0.15, -0.1) is 0 Å². The van der Waals surface area contributed by atoms with E-state index in [2.05, 4.69) is 8.93 Å². The quantitative estimate of drug-likeness (QED) is 0.605. The van der Waals surface area contributed by atoms with Crippen molar-refractivity contribution < 1.29 is 13.6 Å². The van der Waals surface area contributed by atoms with E-state index in [1.165, 1.54) is 0 Å². The summed E-state index contributed by atoms with van der Waals surface area (Å²) in [4.78, 5) is 0. The standard InChI is InChI=1S/C4H12O3P2/c1-3-6-9(5,8)7-4-2/h3-4,8H2,1-2H3. The van der Waals surface area contributed by atoms with Crippen molar-refractivity contribution in [3.8, 4) is 0 Å². The first kappa shape index (κ1) is 9.58. The van der Waals surface area contributed by atoms with E-state index in [4.69, 9.17) is 9.05 Å². The summed E-state index contributed by atoms with van der Waals surface area (Å²) in [6, 6.07) is 0. The molecule has 0 N–H and O–H groups in total. The van der Waals surface area contributed by atoms with Crippen LogP contribution < -0.4 is 0 Å². The van der Waals surface area contributed by atoms with Gasteiger partial charge in [0.25, 0.3) is 0 Å². The average Bonchev–Trinajstić information content (AvgIpc) is 1.64. The summed E-state index contributed by atoms with van der Waals surface area (Å²) in [7, 11) is -0.708. The lowest BCUT2D eigenvalue weighted by Gasteiger charge is -2.09. The lowest BCUT2D eigenvalue weighted by atomic mass is 10.9. The van der Waals surface area contributed by atoms with E-state index in [9.17, 15) is 4.57 Å². The molecule has 1 unspecified atom stereocenters. The third kappa shape index (κ3) is 5.05. The molecule has 0 aliphatic rings. The minimum Gasteiger partial charge on any atom is -0.306 e. The Morgan fingerprint density at radius 3 is 1.89 bits per heavy atom. The van der Waals surface area contributed by atoms with Gasteiger partial charge in [0.15, 0.2) is 0 Å². The smallest absolute Gasteiger partial charge is 0.306 e. The van der Waals surface area contributed by atoms with Crippen LogP contribution in [0.25, 0.3) is 0 Å². The number of rotatable bonds is 4. The molecule has 5 heteroatoms. The molecule has 56 valence electrons. The van der Waals surface area contributed by atoms with Crippen molar-refractivity contribution >= 4 is 16.2 Å². The van der Waals surface area contributed by atoms with Crippen LogP contribution in [0.15, 0.2) is 0 Å². The van der Waals surface area contributed by atoms with Crippen molar-refractivity contribution in [1.29, 1.82) is 0 Å². The summed E-state index contributed by atoms with van der Waals surface area (Å²) in [5.41, 5.74) is 0. The van der Waals surface area contributed by atoms with E-state index in [0.717, 1.165) is 0 Å². The molecule has 0 bridgehead atoms. The van der Waals surface area contributed by atoms with Crippen molar-refractivity contribution in [3.05, 3.63) is 0 Å². The van der Waals surface area contributed by atoms with Crippen LogP contribution in [-0.4, -0.2) is 13.2 Å². The Kier molecular flexibility index (Phi) is 4.69. The highest BCUT2D eigenvalue weighted by atomic mass is 32.1. The van der Waals surface area contributed by atoms with Gasteiger partial charge in [-0.3, -0.25) is 4.57 Å². The summed E-state index contributed by atoms with van der Waals surface area (Å²) in [6.07, 6.45) is 0. The van der Waals surface area contributed by atoms with Crippen molar-refractivity contribution in [2.45, 2.75) is 13.8 Å². The second-order valence-corrected chi connectivity index (χ2v) is 4.87. The van der Waals surface area contributed by atoms with Gasteiger partial charge in [0.1, 0.15) is 0 Å². The molecule has 0 radical (unpaired) electrons. The molecule has 3 nitrogen and oxygen atoms in total. The van der Waals surface area contributed by atoms with Crippen molar-refractivity contribution in [3.63, 3.8) is 0 Å². The predicted octanol–water partition coefficient (Wildman–Crippen LogP) is 2.04. The molecule has 0 aliphatic carbocycles. The molecule has 1 atom stereocenters. The second kappa shape index (κ2) is 4.40. The highest BCUT2D eigenvalue weighted by Crippen LogP contribution is 2.55. The number of hydrogen-bond acceptors (Lipinski definition) is 3. The molecule has 0 aromatic carbocycles. The van der Waals surface area contributed by atoms with E-state index in [-0.39, 0.29) is 0 Å². The normalized spacial score (nSPS) is 11.9. The molecule has 0 aromatic heterocycles. The summed E-state index contributed by atoms with van der Waals surface area (Å²) >= 11 is 0. The SMILES string of the molecule is CCOP(=O)(P)OCC. The van der Waals surface area contributed by atoms with Gasteiger partial charge in [0.05, 0.1) is 13.2 Å². The van der Waals surface area contributed by atoms with E-state index in [0.29, 0.717) is 13.2 Å². The molecule has 0 spiro atoms. The van der Waals surface area contributed by atoms with E-state index >= 15 is 0 Å². The molecule has 0 heterocycles. The largest absolute Gasteiger partial charge is 0.343 e. The van der Waals surface area contributed by atoms with Crippen LogP contribution in [0.2, 0.25) is 0 Å². The second-order valence-electron chi connectivity index (χ2n) is 1.38. The molecule has 0 aliphatic heterocycles. The molecule has 0 aromatic rings. The summed E-state index contributed by atoms with van der Waals surface area (Å²) in [5.74, 6) is 0. The summed E-state index contributed by atoms with van der Waals surface area (Å²) in [5, 5.41) is 0. The minimum atomic E-state index is -2.78. The third-order valence-electron chi connectivity index (χ3n) is 0.618. The van der Waals surface area contributed by atoms with Crippen LogP contribution >= 0.6 is 16.2 Å². The maximum atomic E-state index is 10.9. The fraction of sp³-hybridized carbons (Fsp3) is 1.00. The van der Waals surface area contributed by atoms with Crippen LogP contribution in [0.4, 0.5) is 0 Å². The fourth-order valence-corrected chi connectivity index (χ4v) is 2.09. The van der Waals surface area contributed by atoms with E-state index in [1.807, 2.05) is 0 Å². The Bertz CT molecular complexity index is 104. The van der Waals surface area contributed by atoms with Crippen LogP contribution in [0, 0.1) is 0 Å². The van der Waals surface area contributed by atoms with Crippen molar-refractivity contribution in [1.82, 2.24) is 0 Å². The first-order chi connectivity index (χ1) is 4.12. The first-order valence-corrected chi connectivity index (χ1v) is 5.96. The van der Waals surface area contributed by atoms with Crippen molar-refractivity contribution in [2.75, 3.05) is 13.2 Å². The van der Waals surface area contributed by atoms with Gasteiger partial charge in [-0.2, -0.15) is 0 Å². The third-order valence-corrected chi connectivity index (χ3v) is 2.75. The zero-order chi connectivity index (χ0) is 7.33. The Labute approximate surface area is 57.7 Å². The topological polar surface area (TPSA) is 35.5 Å². The Morgan fingerprint density at radius 2 is 1.67 bits per heavy atom. The fourth-order valence-electron chi connectivity index (χ4n) is 0.397. The lowest BCUT2D eigenvalue weighted by Crippen LogP contribution is -1.87. The lowest BCUT2D eigenvalue weighted by molar-refractivity contribution is 0.236. The molecule has 9 heavy (non-hydrogen) atoms. The molecule has 0 amide bonds. The maximum Gasteiger partial charge on any atom is 0.343 e. The van der Waals surface area contributed by atoms with Gasteiger partial charge in [0, 0.05) is 0 Å². The molecule has 0 saturated heterocycles. The Balaban J connectivity index is 3.58. The van der Waals surface area contributed by atoms with Crippen LogP contribution in [-0.2, 0) is 13.6 Å². The Morgan fingerprint density at radius 1 is 1.33 bits per heavy atom. The maximum absolute atomic E-state index is 10.9. The minimum absolute atomic E-state index is 0.417. The molecule has 0 fully saturated rings. The number of hydrogen-bond donors (Lipinski definition) is 0. The zero-order valence-corrected chi connectivity index (χ0v) is 7.71. The van der Waals surface area contributed by atoms with Gasteiger partial charge in [0.2, 0.25) is 0 Å². The molecule has 0 rings (SSSR count). The van der Waals surface area contributed by atoms with Crippen molar-refractivity contribution in [2.24, 2.45) is 0 Å². The van der Waals surface area contributed by atoms with Crippen LogP contribution in [0.3, 0.4) is 0 Å². The van der Waals surface area contributed by atoms with Crippen LogP contribution in [0.1, 0.15) is 13.8 Å². The summed E-state index contributed by atoms with van der Waals surface area (Å²) < 4.78 is 20.5. The highest BCUT2D eigenvalue weighted by molar-refractivity contribution is 8.12. The highest BCUT2D eigenvalue weighted by Gasteiger charge is 2.13.